The zero-order chi connectivity index (χ0) is 32.0. The molecule has 0 aliphatic carbocycles. The number of methoxy groups -OCH3 is 1. The molecule has 4 N–H and O–H groups in total. The number of pyridine rings is 1. The van der Waals surface area contributed by atoms with Crippen LogP contribution >= 0.6 is 11.3 Å². The molecule has 236 valence electrons. The highest BCUT2D eigenvalue weighted by Crippen LogP contribution is 2.19. The first kappa shape index (κ1) is 33.1. The molecule has 11 nitrogen and oxygen atoms in total. The first-order chi connectivity index (χ1) is 21.8. The number of hydrogen-bond acceptors (Lipinski definition) is 9. The number of ether oxygens (including phenoxy) is 2. The number of aliphatic hydroxyl groups excluding tert-OH is 1. The van der Waals surface area contributed by atoms with Crippen LogP contribution in [-0.2, 0) is 33.7 Å². The largest absolute Gasteiger partial charge is 0.453 e. The third-order valence-electron chi connectivity index (χ3n) is 7.08. The van der Waals surface area contributed by atoms with Crippen LogP contribution in [0.1, 0.15) is 29.3 Å². The van der Waals surface area contributed by atoms with Gasteiger partial charge in [0, 0.05) is 24.0 Å². The van der Waals surface area contributed by atoms with Crippen LogP contribution in [0.2, 0.25) is 0 Å². The summed E-state index contributed by atoms with van der Waals surface area (Å²) in [4.78, 5) is 46.8. The minimum atomic E-state index is -1.06. The minimum absolute atomic E-state index is 0.0423. The van der Waals surface area contributed by atoms with Gasteiger partial charge >= 0.3 is 12.2 Å². The molecule has 0 aliphatic rings. The molecule has 12 heteroatoms. The number of thiazole rings is 1. The van der Waals surface area contributed by atoms with Crippen molar-refractivity contribution in [3.63, 3.8) is 0 Å². The lowest BCUT2D eigenvalue weighted by atomic mass is 9.93. The van der Waals surface area contributed by atoms with E-state index in [1.807, 2.05) is 72.8 Å². The molecule has 45 heavy (non-hydrogen) atoms. The number of aliphatic hydroxyl groups is 1. The molecule has 0 spiro atoms. The topological polar surface area (TPSA) is 152 Å². The van der Waals surface area contributed by atoms with E-state index in [2.05, 4.69) is 25.9 Å². The zero-order valence-corrected chi connectivity index (χ0v) is 25.9. The number of alkyl carbamates (subject to hydrolysis) is 2. The van der Waals surface area contributed by atoms with Crippen molar-refractivity contribution < 1.29 is 29.0 Å². The minimum Gasteiger partial charge on any atom is -0.453 e. The van der Waals surface area contributed by atoms with Crippen LogP contribution < -0.4 is 16.0 Å². The maximum Gasteiger partial charge on any atom is 0.408 e. The molecule has 0 fully saturated rings. The summed E-state index contributed by atoms with van der Waals surface area (Å²) in [5.74, 6) is -0.493. The molecule has 2 aromatic heterocycles. The van der Waals surface area contributed by atoms with Crippen molar-refractivity contribution in [2.45, 2.75) is 57.0 Å². The Bertz CT molecular complexity index is 1490. The maximum absolute atomic E-state index is 13.2. The van der Waals surface area contributed by atoms with Gasteiger partial charge in [0.15, 0.2) is 0 Å². The van der Waals surface area contributed by atoms with Gasteiger partial charge < -0.3 is 30.5 Å². The van der Waals surface area contributed by atoms with Crippen molar-refractivity contribution in [1.82, 2.24) is 25.9 Å². The molecule has 2 heterocycles. The third kappa shape index (κ3) is 10.7. The van der Waals surface area contributed by atoms with E-state index in [1.165, 1.54) is 25.4 Å². The van der Waals surface area contributed by atoms with Gasteiger partial charge in [-0.15, -0.1) is 11.3 Å². The van der Waals surface area contributed by atoms with Crippen molar-refractivity contribution in [3.8, 4) is 11.3 Å². The van der Waals surface area contributed by atoms with Gasteiger partial charge in [-0.05, 0) is 49.4 Å². The molecule has 4 aromatic rings. The van der Waals surface area contributed by atoms with Crippen LogP contribution in [-0.4, -0.2) is 64.5 Å². The number of carbonyl (C=O) groups is 3. The predicted molar refractivity (Wildman–Crippen MR) is 170 cm³/mol. The van der Waals surface area contributed by atoms with Gasteiger partial charge in [-0.25, -0.2) is 9.59 Å². The molecule has 3 amide bonds. The van der Waals surface area contributed by atoms with E-state index in [9.17, 15) is 19.5 Å². The fourth-order valence-electron chi connectivity index (χ4n) is 4.70. The lowest BCUT2D eigenvalue weighted by molar-refractivity contribution is -0.124. The molecular weight excluding hydrogens is 594 g/mol. The standard InChI is InChI=1S/C33H37N5O6S/c1-22(36-33(42)44-20-27-19-34-21-45-27)31(40)38-29(17-23-8-4-3-5-9-23)30(39)18-26(37-32(41)43-2)16-24-11-13-25(14-12-24)28-10-6-7-15-35-28/h3-15,19,21-22,26,29-30,39H,16-18,20H2,1-2H3,(H,36,42)(H,37,41)(H,38,40)/t22-,26?,29?,30?/m0/s1. The number of carbonyl (C=O) groups excluding carboxylic acids is 3. The lowest BCUT2D eigenvalue weighted by Gasteiger charge is -2.29. The summed E-state index contributed by atoms with van der Waals surface area (Å²) in [7, 11) is 1.28. The highest BCUT2D eigenvalue weighted by atomic mass is 32.1. The monoisotopic (exact) mass is 631 g/mol. The van der Waals surface area contributed by atoms with E-state index in [-0.39, 0.29) is 13.0 Å². The van der Waals surface area contributed by atoms with Gasteiger partial charge in [-0.2, -0.15) is 0 Å². The second kappa shape index (κ2) is 16.9. The van der Waals surface area contributed by atoms with Crippen molar-refractivity contribution in [2.24, 2.45) is 0 Å². The first-order valence-electron chi connectivity index (χ1n) is 14.5. The van der Waals surface area contributed by atoms with E-state index < -0.39 is 42.3 Å². The number of amides is 3. The third-order valence-corrected chi connectivity index (χ3v) is 7.83. The Hall–Kier alpha value is -4.81. The summed E-state index contributed by atoms with van der Waals surface area (Å²) in [5.41, 5.74) is 5.27. The van der Waals surface area contributed by atoms with Crippen molar-refractivity contribution in [1.29, 1.82) is 0 Å². The molecule has 4 atom stereocenters. The van der Waals surface area contributed by atoms with Gasteiger partial charge in [-0.1, -0.05) is 60.7 Å². The molecule has 0 aliphatic heterocycles. The smallest absolute Gasteiger partial charge is 0.408 e. The van der Waals surface area contributed by atoms with Crippen LogP contribution in [0.5, 0.6) is 0 Å². The second-order valence-electron chi connectivity index (χ2n) is 10.5. The maximum atomic E-state index is 13.2. The Kier molecular flexibility index (Phi) is 12.4. The van der Waals surface area contributed by atoms with E-state index in [4.69, 9.17) is 9.47 Å². The van der Waals surface area contributed by atoms with E-state index in [1.54, 1.807) is 17.9 Å². The van der Waals surface area contributed by atoms with E-state index in [0.29, 0.717) is 12.8 Å². The molecular formula is C33H37N5O6S. The Balaban J connectivity index is 1.43. The molecule has 0 bridgehead atoms. The highest BCUT2D eigenvalue weighted by molar-refractivity contribution is 7.09. The van der Waals surface area contributed by atoms with Crippen LogP contribution in [0, 0.1) is 0 Å². The van der Waals surface area contributed by atoms with Gasteiger partial charge in [0.25, 0.3) is 0 Å². The molecule has 2 aromatic carbocycles. The fourth-order valence-corrected chi connectivity index (χ4v) is 5.20. The van der Waals surface area contributed by atoms with Crippen molar-refractivity contribution >= 4 is 29.4 Å². The summed E-state index contributed by atoms with van der Waals surface area (Å²) in [5, 5.41) is 19.7. The average Bonchev–Trinajstić information content (AvgIpc) is 3.58. The zero-order valence-electron chi connectivity index (χ0n) is 25.1. The van der Waals surface area contributed by atoms with Crippen molar-refractivity contribution in [2.75, 3.05) is 7.11 Å². The number of aromatic nitrogens is 2. The van der Waals surface area contributed by atoms with Crippen LogP contribution in [0.3, 0.4) is 0 Å². The van der Waals surface area contributed by atoms with Crippen LogP contribution in [0.25, 0.3) is 11.3 Å². The first-order valence-corrected chi connectivity index (χ1v) is 15.4. The number of benzene rings is 2. The van der Waals surface area contributed by atoms with Gasteiger partial charge in [0.2, 0.25) is 5.91 Å². The van der Waals surface area contributed by atoms with E-state index >= 15 is 0 Å². The highest BCUT2D eigenvalue weighted by Gasteiger charge is 2.28. The fraction of sp³-hybridized carbons (Fsp3) is 0.303. The summed E-state index contributed by atoms with van der Waals surface area (Å²) in [6, 6.07) is 20.8. The summed E-state index contributed by atoms with van der Waals surface area (Å²) in [6.45, 7) is 1.58. The predicted octanol–water partition coefficient (Wildman–Crippen LogP) is 4.27. The average molecular weight is 632 g/mol. The summed E-state index contributed by atoms with van der Waals surface area (Å²) >= 11 is 1.35. The Morgan fingerprint density at radius 2 is 1.62 bits per heavy atom. The number of rotatable bonds is 14. The number of nitrogens with one attached hydrogen (secondary N) is 3. The van der Waals surface area contributed by atoms with Gasteiger partial charge in [0.05, 0.1) is 35.3 Å². The van der Waals surface area contributed by atoms with Gasteiger partial charge in [-0.3, -0.25) is 14.8 Å². The Morgan fingerprint density at radius 3 is 2.29 bits per heavy atom. The van der Waals surface area contributed by atoms with Crippen LogP contribution in [0.15, 0.2) is 90.7 Å². The molecule has 3 unspecified atom stereocenters. The number of nitrogens with zero attached hydrogens (tertiary/aromatic N) is 2. The van der Waals surface area contributed by atoms with Crippen LogP contribution in [0.4, 0.5) is 9.59 Å². The molecule has 4 rings (SSSR count). The molecule has 0 radical (unpaired) electrons. The lowest BCUT2D eigenvalue weighted by Crippen LogP contribution is -2.53. The Labute approximate surface area is 266 Å². The SMILES string of the molecule is COC(=O)NC(Cc1ccc(-c2ccccn2)cc1)CC(O)C(Cc1ccccc1)NC(=O)[C@H](C)NC(=O)OCc1cncs1. The number of hydrogen-bond donors (Lipinski definition) is 4. The second-order valence-corrected chi connectivity index (χ2v) is 11.4. The van der Waals surface area contributed by atoms with Crippen molar-refractivity contribution in [3.05, 3.63) is 107 Å². The summed E-state index contributed by atoms with van der Waals surface area (Å²) in [6.07, 6.45) is 1.74. The quantitative estimate of drug-likeness (QED) is 0.161. The normalized spacial score (nSPS) is 13.5. The summed E-state index contributed by atoms with van der Waals surface area (Å²) < 4.78 is 10.0. The Morgan fingerprint density at radius 1 is 0.889 bits per heavy atom. The molecule has 0 saturated carbocycles. The van der Waals surface area contributed by atoms with E-state index in [0.717, 1.165) is 27.3 Å². The molecule has 0 saturated heterocycles. The van der Waals surface area contributed by atoms with Gasteiger partial charge in [0.1, 0.15) is 12.6 Å².